The van der Waals surface area contributed by atoms with E-state index in [0.717, 1.165) is 12.1 Å². The SMILES string of the molecule is CC(=O)Nc1ccc(-c2cn(-c3cccc(C(=O)Nc4cccc(C(F)(F)F)c4)c3)nn2)cn1. The van der Waals surface area contributed by atoms with E-state index in [0.29, 0.717) is 22.8 Å². The minimum atomic E-state index is -4.51. The van der Waals surface area contributed by atoms with Gasteiger partial charge in [0.25, 0.3) is 5.91 Å². The number of pyridine rings is 1. The fraction of sp³-hybridized carbons (Fsp3) is 0.0870. The van der Waals surface area contributed by atoms with Gasteiger partial charge in [0, 0.05) is 29.9 Å². The van der Waals surface area contributed by atoms with Crippen LogP contribution in [0, 0.1) is 0 Å². The maximum Gasteiger partial charge on any atom is 0.416 e. The average molecular weight is 466 g/mol. The van der Waals surface area contributed by atoms with Crippen LogP contribution in [-0.4, -0.2) is 31.8 Å². The molecule has 0 saturated carbocycles. The molecule has 11 heteroatoms. The first-order chi connectivity index (χ1) is 16.2. The van der Waals surface area contributed by atoms with Gasteiger partial charge in [-0.25, -0.2) is 9.67 Å². The molecule has 8 nitrogen and oxygen atoms in total. The summed E-state index contributed by atoms with van der Waals surface area (Å²) in [6.45, 7) is 1.38. The number of carbonyl (C=O) groups excluding carboxylic acids is 2. The van der Waals surface area contributed by atoms with Crippen LogP contribution in [0.2, 0.25) is 0 Å². The van der Waals surface area contributed by atoms with Crippen molar-refractivity contribution in [3.63, 3.8) is 0 Å². The van der Waals surface area contributed by atoms with Crippen LogP contribution in [0.3, 0.4) is 0 Å². The van der Waals surface area contributed by atoms with Gasteiger partial charge in [0.1, 0.15) is 11.5 Å². The normalized spacial score (nSPS) is 11.2. The third-order valence-electron chi connectivity index (χ3n) is 4.68. The number of benzene rings is 2. The lowest BCUT2D eigenvalue weighted by Gasteiger charge is -2.10. The number of halogens is 3. The number of hydrogen-bond donors (Lipinski definition) is 2. The molecular formula is C23H17F3N6O2. The van der Waals surface area contributed by atoms with Crippen LogP contribution < -0.4 is 10.6 Å². The van der Waals surface area contributed by atoms with E-state index in [1.54, 1.807) is 42.7 Å². The largest absolute Gasteiger partial charge is 0.416 e. The molecular weight excluding hydrogens is 449 g/mol. The Morgan fingerprint density at radius 2 is 1.76 bits per heavy atom. The predicted octanol–water partition coefficient (Wildman–Crippen LogP) is 4.56. The summed E-state index contributed by atoms with van der Waals surface area (Å²) < 4.78 is 40.2. The third kappa shape index (κ3) is 5.26. The second-order valence-corrected chi connectivity index (χ2v) is 7.24. The molecule has 0 aliphatic carbocycles. The van der Waals surface area contributed by atoms with Crippen LogP contribution >= 0.6 is 0 Å². The van der Waals surface area contributed by atoms with Crippen molar-refractivity contribution in [2.24, 2.45) is 0 Å². The molecule has 172 valence electrons. The number of rotatable bonds is 5. The van der Waals surface area contributed by atoms with Gasteiger partial charge < -0.3 is 10.6 Å². The van der Waals surface area contributed by atoms with E-state index in [1.165, 1.54) is 29.8 Å². The van der Waals surface area contributed by atoms with Gasteiger partial charge in [-0.05, 0) is 48.5 Å². The Balaban J connectivity index is 1.51. The van der Waals surface area contributed by atoms with Gasteiger partial charge in [0.15, 0.2) is 0 Å². The molecule has 4 rings (SSSR count). The zero-order valence-electron chi connectivity index (χ0n) is 17.7. The monoisotopic (exact) mass is 466 g/mol. The summed E-state index contributed by atoms with van der Waals surface area (Å²) in [5.74, 6) is -0.398. The fourth-order valence-electron chi connectivity index (χ4n) is 3.09. The molecule has 2 heterocycles. The molecule has 0 radical (unpaired) electrons. The topological polar surface area (TPSA) is 102 Å². The maximum absolute atomic E-state index is 12.9. The first kappa shape index (κ1) is 22.6. The molecule has 4 aromatic rings. The number of aromatic nitrogens is 4. The maximum atomic E-state index is 12.9. The Morgan fingerprint density at radius 1 is 0.971 bits per heavy atom. The zero-order valence-corrected chi connectivity index (χ0v) is 17.7. The van der Waals surface area contributed by atoms with Crippen molar-refractivity contribution in [1.82, 2.24) is 20.0 Å². The number of nitrogens with zero attached hydrogens (tertiary/aromatic N) is 4. The van der Waals surface area contributed by atoms with E-state index in [4.69, 9.17) is 0 Å². The second-order valence-electron chi connectivity index (χ2n) is 7.24. The van der Waals surface area contributed by atoms with E-state index in [9.17, 15) is 22.8 Å². The van der Waals surface area contributed by atoms with E-state index in [1.807, 2.05) is 0 Å². The molecule has 2 N–H and O–H groups in total. The van der Waals surface area contributed by atoms with Crippen LogP contribution in [0.4, 0.5) is 24.7 Å². The summed E-state index contributed by atoms with van der Waals surface area (Å²) in [5.41, 5.74) is 1.11. The van der Waals surface area contributed by atoms with Gasteiger partial charge in [0.2, 0.25) is 5.91 Å². The molecule has 0 aliphatic rings. The zero-order chi connectivity index (χ0) is 24.3. The standard InChI is InChI=1S/C23H17F3N6O2/c1-14(33)28-21-9-8-16(12-27-21)20-13-32(31-30-20)19-7-2-4-15(10-19)22(34)29-18-6-3-5-17(11-18)23(24,25)26/h2-13H,1H3,(H,29,34)(H,27,28,33). The molecule has 2 amide bonds. The quantitative estimate of drug-likeness (QED) is 0.449. The molecule has 0 spiro atoms. The Kier molecular flexibility index (Phi) is 6.09. The van der Waals surface area contributed by atoms with Crippen molar-refractivity contribution in [3.8, 4) is 16.9 Å². The Morgan fingerprint density at radius 3 is 2.47 bits per heavy atom. The van der Waals surface area contributed by atoms with Crippen LogP contribution in [-0.2, 0) is 11.0 Å². The first-order valence-electron chi connectivity index (χ1n) is 9.94. The minimum Gasteiger partial charge on any atom is -0.322 e. The number of alkyl halides is 3. The minimum absolute atomic E-state index is 0.0310. The van der Waals surface area contributed by atoms with E-state index < -0.39 is 17.6 Å². The number of nitrogens with one attached hydrogen (secondary N) is 2. The van der Waals surface area contributed by atoms with Crippen LogP contribution in [0.5, 0.6) is 0 Å². The van der Waals surface area contributed by atoms with E-state index in [-0.39, 0.29) is 17.2 Å². The summed E-state index contributed by atoms with van der Waals surface area (Å²) in [6, 6.07) is 14.2. The molecule has 0 atom stereocenters. The van der Waals surface area contributed by atoms with Crippen molar-refractivity contribution in [2.75, 3.05) is 10.6 Å². The number of anilines is 2. The summed E-state index contributed by atoms with van der Waals surface area (Å²) in [5, 5.41) is 13.2. The Hall–Kier alpha value is -4.54. The lowest BCUT2D eigenvalue weighted by atomic mass is 10.1. The van der Waals surface area contributed by atoms with Crippen molar-refractivity contribution < 1.29 is 22.8 Å². The summed E-state index contributed by atoms with van der Waals surface area (Å²) in [4.78, 5) is 27.9. The highest BCUT2D eigenvalue weighted by Crippen LogP contribution is 2.30. The molecule has 0 aliphatic heterocycles. The highest BCUT2D eigenvalue weighted by Gasteiger charge is 2.30. The summed E-state index contributed by atoms with van der Waals surface area (Å²) in [6.07, 6.45) is -1.33. The predicted molar refractivity (Wildman–Crippen MR) is 118 cm³/mol. The lowest BCUT2D eigenvalue weighted by Crippen LogP contribution is -2.13. The van der Waals surface area contributed by atoms with E-state index >= 15 is 0 Å². The van der Waals surface area contributed by atoms with Crippen LogP contribution in [0.15, 0.2) is 73.1 Å². The van der Waals surface area contributed by atoms with Crippen molar-refractivity contribution in [1.29, 1.82) is 0 Å². The van der Waals surface area contributed by atoms with Gasteiger partial charge >= 0.3 is 6.18 Å². The lowest BCUT2D eigenvalue weighted by molar-refractivity contribution is -0.137. The molecule has 2 aromatic heterocycles. The Bertz CT molecular complexity index is 1350. The van der Waals surface area contributed by atoms with Gasteiger partial charge in [0.05, 0.1) is 17.4 Å². The van der Waals surface area contributed by atoms with Crippen LogP contribution in [0.25, 0.3) is 16.9 Å². The van der Waals surface area contributed by atoms with Gasteiger partial charge in [-0.15, -0.1) is 5.10 Å². The van der Waals surface area contributed by atoms with Gasteiger partial charge in [-0.2, -0.15) is 13.2 Å². The summed E-state index contributed by atoms with van der Waals surface area (Å²) >= 11 is 0. The van der Waals surface area contributed by atoms with Gasteiger partial charge in [-0.1, -0.05) is 17.3 Å². The molecule has 0 bridgehead atoms. The molecule has 0 unspecified atom stereocenters. The molecule has 0 saturated heterocycles. The molecule has 2 aromatic carbocycles. The third-order valence-corrected chi connectivity index (χ3v) is 4.68. The van der Waals surface area contributed by atoms with Crippen molar-refractivity contribution in [2.45, 2.75) is 13.1 Å². The highest BCUT2D eigenvalue weighted by molar-refractivity contribution is 6.04. The fourth-order valence-corrected chi connectivity index (χ4v) is 3.09. The van der Waals surface area contributed by atoms with Crippen molar-refractivity contribution in [3.05, 3.63) is 84.2 Å². The average Bonchev–Trinajstić information content (AvgIpc) is 3.29. The second kappa shape index (κ2) is 9.14. The molecule has 34 heavy (non-hydrogen) atoms. The number of carbonyl (C=O) groups is 2. The first-order valence-corrected chi connectivity index (χ1v) is 9.94. The van der Waals surface area contributed by atoms with Gasteiger partial charge in [-0.3, -0.25) is 9.59 Å². The van der Waals surface area contributed by atoms with Crippen LogP contribution in [0.1, 0.15) is 22.8 Å². The number of amides is 2. The van der Waals surface area contributed by atoms with E-state index in [2.05, 4.69) is 25.9 Å². The highest BCUT2D eigenvalue weighted by atomic mass is 19.4. The number of hydrogen-bond acceptors (Lipinski definition) is 5. The Labute approximate surface area is 191 Å². The smallest absolute Gasteiger partial charge is 0.322 e. The van der Waals surface area contributed by atoms with Crippen molar-refractivity contribution >= 4 is 23.3 Å². The summed E-state index contributed by atoms with van der Waals surface area (Å²) in [7, 11) is 0. The molecule has 0 fully saturated rings.